The van der Waals surface area contributed by atoms with Gasteiger partial charge < -0.3 is 21.1 Å². The van der Waals surface area contributed by atoms with Crippen LogP contribution < -0.4 is 26.4 Å². The van der Waals surface area contributed by atoms with Crippen molar-refractivity contribution in [3.8, 4) is 11.8 Å². The van der Waals surface area contributed by atoms with Crippen molar-refractivity contribution in [2.75, 3.05) is 12.4 Å². The second kappa shape index (κ2) is 7.47. The molecule has 2 rings (SSSR count). The van der Waals surface area contributed by atoms with Gasteiger partial charge in [0.25, 0.3) is 0 Å². The van der Waals surface area contributed by atoms with Crippen LogP contribution in [0.25, 0.3) is 0 Å². The first kappa shape index (κ1) is 16.6. The Hall–Kier alpha value is -2.79. The number of amides is 1. The van der Waals surface area contributed by atoms with Crippen molar-refractivity contribution in [2.24, 2.45) is 16.6 Å². The van der Waals surface area contributed by atoms with Crippen LogP contribution in [0, 0.1) is 17.2 Å². The number of carbonyl (C=O) groups is 1. The number of hydrogen-bond acceptors (Lipinski definition) is 5. The number of carbonyl (C=O) groups excluding carboxylic acids is 1. The molecule has 5 N–H and O–H groups in total. The minimum Gasteiger partial charge on any atom is -0.495 e. The number of nitriles is 1. The van der Waals surface area contributed by atoms with E-state index in [-0.39, 0.29) is 24.3 Å². The number of ether oxygens (including phenoxy) is 1. The summed E-state index contributed by atoms with van der Waals surface area (Å²) in [5.74, 6) is 0.165. The Kier molecular flexibility index (Phi) is 5.38. The van der Waals surface area contributed by atoms with E-state index in [1.54, 1.807) is 19.2 Å². The van der Waals surface area contributed by atoms with E-state index in [1.165, 1.54) is 0 Å². The summed E-state index contributed by atoms with van der Waals surface area (Å²) in [4.78, 5) is 16.2. The number of para-hydroxylation sites is 2. The first-order chi connectivity index (χ1) is 11.0. The third-order valence-corrected chi connectivity index (χ3v) is 3.59. The Morgan fingerprint density at radius 1 is 1.52 bits per heavy atom. The Labute approximate surface area is 134 Å². The molecule has 0 aromatic heterocycles. The number of methoxy groups -OCH3 is 1. The molecule has 0 aliphatic carbocycles. The average molecular weight is 316 g/mol. The second-order valence-corrected chi connectivity index (χ2v) is 5.17. The summed E-state index contributed by atoms with van der Waals surface area (Å²) in [5.41, 5.74) is 6.56. The summed E-state index contributed by atoms with van der Waals surface area (Å²) >= 11 is 0. The fourth-order valence-corrected chi connectivity index (χ4v) is 2.37. The van der Waals surface area contributed by atoms with Gasteiger partial charge in [-0.05, 0) is 19.1 Å². The van der Waals surface area contributed by atoms with Crippen molar-refractivity contribution in [1.29, 1.82) is 5.26 Å². The maximum atomic E-state index is 12.0. The van der Waals surface area contributed by atoms with Gasteiger partial charge in [-0.2, -0.15) is 5.26 Å². The van der Waals surface area contributed by atoms with E-state index in [0.717, 1.165) is 0 Å². The first-order valence-corrected chi connectivity index (χ1v) is 7.22. The monoisotopic (exact) mass is 316 g/mol. The molecule has 0 radical (unpaired) electrons. The predicted octanol–water partition coefficient (Wildman–Crippen LogP) is 0.343. The highest BCUT2D eigenvalue weighted by atomic mass is 16.5. The van der Waals surface area contributed by atoms with E-state index >= 15 is 0 Å². The molecule has 1 aromatic carbocycles. The predicted molar refractivity (Wildman–Crippen MR) is 86.5 cm³/mol. The summed E-state index contributed by atoms with van der Waals surface area (Å²) in [6.45, 7) is 1.84. The van der Waals surface area contributed by atoms with Gasteiger partial charge in [0.15, 0.2) is 12.2 Å². The topological polar surface area (TPSA) is 125 Å². The Morgan fingerprint density at radius 3 is 2.91 bits per heavy atom. The molecule has 1 aliphatic rings. The molecule has 3 unspecified atom stereocenters. The molecule has 23 heavy (non-hydrogen) atoms. The van der Waals surface area contributed by atoms with Gasteiger partial charge in [-0.1, -0.05) is 12.1 Å². The summed E-state index contributed by atoms with van der Waals surface area (Å²) in [7, 11) is 1.56. The van der Waals surface area contributed by atoms with Crippen LogP contribution >= 0.6 is 0 Å². The van der Waals surface area contributed by atoms with Crippen LogP contribution in [0.2, 0.25) is 0 Å². The molecule has 1 aliphatic heterocycles. The van der Waals surface area contributed by atoms with Crippen LogP contribution in [0.4, 0.5) is 5.69 Å². The lowest BCUT2D eigenvalue weighted by molar-refractivity contribution is -0.129. The van der Waals surface area contributed by atoms with Crippen LogP contribution in [0.5, 0.6) is 5.75 Å². The van der Waals surface area contributed by atoms with Gasteiger partial charge in [-0.15, -0.1) is 0 Å². The molecule has 1 saturated heterocycles. The molecule has 1 fully saturated rings. The van der Waals surface area contributed by atoms with Crippen LogP contribution in [0.15, 0.2) is 29.3 Å². The molecule has 0 saturated carbocycles. The zero-order valence-corrected chi connectivity index (χ0v) is 13.0. The molecule has 1 amide bonds. The van der Waals surface area contributed by atoms with Gasteiger partial charge >= 0.3 is 0 Å². The van der Waals surface area contributed by atoms with Crippen LogP contribution in [-0.4, -0.2) is 31.3 Å². The molecule has 8 heteroatoms. The lowest BCUT2D eigenvalue weighted by Crippen LogP contribution is -2.60. The van der Waals surface area contributed by atoms with Crippen molar-refractivity contribution >= 4 is 17.6 Å². The number of hydrogen-bond donors (Lipinski definition) is 4. The summed E-state index contributed by atoms with van der Waals surface area (Å²) < 4.78 is 5.22. The standard InChI is InChI=1S/C15H20N6O2/c1-9-10(7-8-16)13(22)20-15(18-9)21-14(17)19-11-5-3-4-6-12(11)23-2/h3-6,9-10,15,18H,7H2,1-2H3,(H,20,22)(H3,17,19,21). The van der Waals surface area contributed by atoms with Crippen molar-refractivity contribution in [3.63, 3.8) is 0 Å². The molecule has 1 heterocycles. The normalized spacial score (nSPS) is 24.5. The van der Waals surface area contributed by atoms with Crippen molar-refractivity contribution < 1.29 is 9.53 Å². The lowest BCUT2D eigenvalue weighted by atomic mass is 9.95. The van der Waals surface area contributed by atoms with Crippen molar-refractivity contribution in [1.82, 2.24) is 10.6 Å². The van der Waals surface area contributed by atoms with Gasteiger partial charge in [-0.25, -0.2) is 4.99 Å². The minimum absolute atomic E-state index is 0.137. The molecule has 3 atom stereocenters. The fourth-order valence-electron chi connectivity index (χ4n) is 2.37. The van der Waals surface area contributed by atoms with Crippen LogP contribution in [0.3, 0.4) is 0 Å². The maximum absolute atomic E-state index is 12.0. The van der Waals surface area contributed by atoms with E-state index in [2.05, 4.69) is 20.9 Å². The van der Waals surface area contributed by atoms with Crippen molar-refractivity contribution in [3.05, 3.63) is 24.3 Å². The number of nitrogens with one attached hydrogen (secondary N) is 3. The van der Waals surface area contributed by atoms with E-state index in [0.29, 0.717) is 11.4 Å². The van der Waals surface area contributed by atoms with E-state index in [4.69, 9.17) is 15.7 Å². The van der Waals surface area contributed by atoms with E-state index in [1.807, 2.05) is 25.1 Å². The summed E-state index contributed by atoms with van der Waals surface area (Å²) in [6.07, 6.45) is -0.486. The fraction of sp³-hybridized carbons (Fsp3) is 0.400. The first-order valence-electron chi connectivity index (χ1n) is 7.22. The molecular weight excluding hydrogens is 296 g/mol. The SMILES string of the molecule is COc1ccccc1N/C(N)=N\C1NC(=O)C(CC#N)C(C)N1. The minimum atomic E-state index is -0.644. The third kappa shape index (κ3) is 4.11. The summed E-state index contributed by atoms with van der Waals surface area (Å²) in [6, 6.07) is 9.13. The van der Waals surface area contributed by atoms with Gasteiger partial charge in [0.2, 0.25) is 5.91 Å². The number of nitrogens with zero attached hydrogens (tertiary/aromatic N) is 2. The third-order valence-electron chi connectivity index (χ3n) is 3.59. The van der Waals surface area contributed by atoms with Gasteiger partial charge in [0.05, 0.1) is 24.8 Å². The molecular formula is C15H20N6O2. The molecule has 0 spiro atoms. The quantitative estimate of drug-likeness (QED) is 0.469. The van der Waals surface area contributed by atoms with Crippen LogP contribution in [0.1, 0.15) is 13.3 Å². The number of aliphatic imine (C=N–C) groups is 1. The zero-order chi connectivity index (χ0) is 16.8. The van der Waals surface area contributed by atoms with Crippen LogP contribution in [-0.2, 0) is 4.79 Å². The highest BCUT2D eigenvalue weighted by Crippen LogP contribution is 2.22. The Morgan fingerprint density at radius 2 is 2.26 bits per heavy atom. The highest BCUT2D eigenvalue weighted by Gasteiger charge is 2.33. The molecule has 1 aromatic rings. The smallest absolute Gasteiger partial charge is 0.228 e. The average Bonchev–Trinajstić information content (AvgIpc) is 2.51. The number of anilines is 1. The van der Waals surface area contributed by atoms with Gasteiger partial charge in [-0.3, -0.25) is 10.1 Å². The summed E-state index contributed by atoms with van der Waals surface area (Å²) in [5, 5.41) is 17.5. The van der Waals surface area contributed by atoms with Gasteiger partial charge in [0.1, 0.15) is 5.75 Å². The molecule has 8 nitrogen and oxygen atoms in total. The zero-order valence-electron chi connectivity index (χ0n) is 13.0. The second-order valence-electron chi connectivity index (χ2n) is 5.17. The number of nitrogens with two attached hydrogens (primary N) is 1. The Balaban J connectivity index is 2.04. The molecule has 0 bridgehead atoms. The lowest BCUT2D eigenvalue weighted by Gasteiger charge is -2.32. The number of benzene rings is 1. The van der Waals surface area contributed by atoms with E-state index < -0.39 is 12.2 Å². The number of rotatable bonds is 4. The molecule has 122 valence electrons. The Bertz CT molecular complexity index is 639. The number of guanidine groups is 1. The van der Waals surface area contributed by atoms with Crippen molar-refractivity contribution in [2.45, 2.75) is 25.7 Å². The maximum Gasteiger partial charge on any atom is 0.228 e. The highest BCUT2D eigenvalue weighted by molar-refractivity contribution is 5.94. The van der Waals surface area contributed by atoms with Gasteiger partial charge in [0, 0.05) is 12.5 Å². The van der Waals surface area contributed by atoms with E-state index in [9.17, 15) is 4.79 Å². The largest absolute Gasteiger partial charge is 0.495 e.